The van der Waals surface area contributed by atoms with Crippen molar-refractivity contribution in [3.8, 4) is 5.69 Å². The zero-order valence-corrected chi connectivity index (χ0v) is 11.5. The molecule has 7 heteroatoms. The Hall–Kier alpha value is -1.79. The number of aryl methyl sites for hydroxylation is 1. The van der Waals surface area contributed by atoms with Crippen LogP contribution in [0.25, 0.3) is 16.6 Å². The first-order valence-corrected chi connectivity index (χ1v) is 7.85. The maximum absolute atomic E-state index is 11.5. The molecular formula is C12H10ClN3O2S. The molecule has 98 valence electrons. The van der Waals surface area contributed by atoms with Crippen LogP contribution >= 0.6 is 10.7 Å². The van der Waals surface area contributed by atoms with Crippen LogP contribution in [0.4, 0.5) is 0 Å². The number of nitrogens with zero attached hydrogens (tertiary/aromatic N) is 2. The third-order valence-corrected chi connectivity index (χ3v) is 4.35. The lowest BCUT2D eigenvalue weighted by molar-refractivity contribution is 0.610. The molecule has 1 aromatic carbocycles. The minimum absolute atomic E-state index is 0.0811. The molecule has 0 aliphatic heterocycles. The summed E-state index contributed by atoms with van der Waals surface area (Å²) in [7, 11) is 1.65. The van der Waals surface area contributed by atoms with Crippen molar-refractivity contribution in [3.05, 3.63) is 42.4 Å². The van der Waals surface area contributed by atoms with E-state index < -0.39 is 9.05 Å². The van der Waals surface area contributed by atoms with E-state index in [1.807, 2.05) is 13.0 Å². The summed E-state index contributed by atoms with van der Waals surface area (Å²) in [5.74, 6) is 0. The first kappa shape index (κ1) is 12.3. The van der Waals surface area contributed by atoms with Gasteiger partial charge in [0, 0.05) is 34.7 Å². The fourth-order valence-electron chi connectivity index (χ4n) is 2.16. The average Bonchev–Trinajstić information content (AvgIpc) is 2.94. The molecule has 0 saturated carbocycles. The molecule has 0 bridgehead atoms. The summed E-state index contributed by atoms with van der Waals surface area (Å²) in [5.41, 5.74) is 2.49. The molecule has 5 nitrogen and oxygen atoms in total. The van der Waals surface area contributed by atoms with Crippen LogP contribution in [-0.4, -0.2) is 23.2 Å². The van der Waals surface area contributed by atoms with Gasteiger partial charge in [-0.2, -0.15) is 5.10 Å². The Kier molecular flexibility index (Phi) is 2.65. The van der Waals surface area contributed by atoms with Crippen molar-refractivity contribution < 1.29 is 8.42 Å². The van der Waals surface area contributed by atoms with Crippen LogP contribution in [0, 0.1) is 6.92 Å². The Balaban J connectivity index is 2.41. The predicted octanol–water partition coefficient (Wildman–Crippen LogP) is 2.59. The molecule has 0 unspecified atom stereocenters. The summed E-state index contributed by atoms with van der Waals surface area (Å²) in [6.45, 7) is 1.94. The molecule has 0 aliphatic carbocycles. The molecule has 0 atom stereocenters. The topological polar surface area (TPSA) is 67.8 Å². The van der Waals surface area contributed by atoms with Crippen molar-refractivity contribution in [2.45, 2.75) is 11.8 Å². The number of rotatable bonds is 2. The van der Waals surface area contributed by atoms with Gasteiger partial charge in [0.25, 0.3) is 9.05 Å². The summed E-state index contributed by atoms with van der Waals surface area (Å²) in [6.07, 6.45) is 4.87. The Morgan fingerprint density at radius 1 is 1.37 bits per heavy atom. The third-order valence-electron chi connectivity index (χ3n) is 2.99. The van der Waals surface area contributed by atoms with E-state index in [1.165, 1.54) is 6.20 Å². The zero-order valence-electron chi connectivity index (χ0n) is 9.96. The number of halogens is 1. The van der Waals surface area contributed by atoms with Crippen LogP contribution in [0.5, 0.6) is 0 Å². The highest BCUT2D eigenvalue weighted by Crippen LogP contribution is 2.31. The van der Waals surface area contributed by atoms with Gasteiger partial charge in [0.1, 0.15) is 4.90 Å². The van der Waals surface area contributed by atoms with E-state index in [2.05, 4.69) is 10.1 Å². The lowest BCUT2D eigenvalue weighted by atomic mass is 10.1. The fourth-order valence-corrected chi connectivity index (χ4v) is 3.18. The van der Waals surface area contributed by atoms with Crippen LogP contribution in [0.15, 0.2) is 41.7 Å². The molecule has 19 heavy (non-hydrogen) atoms. The molecule has 0 fully saturated rings. The van der Waals surface area contributed by atoms with Gasteiger partial charge in [-0.15, -0.1) is 0 Å². The van der Waals surface area contributed by atoms with E-state index in [0.29, 0.717) is 10.9 Å². The highest BCUT2D eigenvalue weighted by Gasteiger charge is 2.19. The van der Waals surface area contributed by atoms with Crippen molar-refractivity contribution in [3.63, 3.8) is 0 Å². The average molecular weight is 296 g/mol. The zero-order chi connectivity index (χ0) is 13.6. The van der Waals surface area contributed by atoms with E-state index in [-0.39, 0.29) is 4.90 Å². The number of benzene rings is 1. The smallest absolute Gasteiger partial charge is 0.263 e. The summed E-state index contributed by atoms with van der Waals surface area (Å²) in [5, 5.41) is 4.74. The number of aromatic amines is 1. The minimum atomic E-state index is -3.77. The minimum Gasteiger partial charge on any atom is -0.358 e. The first-order chi connectivity index (χ1) is 8.98. The van der Waals surface area contributed by atoms with E-state index in [1.54, 1.807) is 29.2 Å². The van der Waals surface area contributed by atoms with Crippen LogP contribution in [0.3, 0.4) is 0 Å². The van der Waals surface area contributed by atoms with Crippen molar-refractivity contribution in [1.82, 2.24) is 14.8 Å². The Morgan fingerprint density at radius 3 is 2.79 bits per heavy atom. The van der Waals surface area contributed by atoms with Crippen LogP contribution in [0.2, 0.25) is 0 Å². The van der Waals surface area contributed by atoms with Crippen LogP contribution < -0.4 is 0 Å². The van der Waals surface area contributed by atoms with Gasteiger partial charge in [-0.25, -0.2) is 13.1 Å². The standard InChI is InChI=1S/C12H10ClN3O2S/c1-8-3-4-9-10(19(13,17)18)7-14-11(9)12(8)16-6-2-5-15-16/h2-7,14H,1H3. The Morgan fingerprint density at radius 2 is 2.16 bits per heavy atom. The largest absolute Gasteiger partial charge is 0.358 e. The molecule has 2 heterocycles. The summed E-state index contributed by atoms with van der Waals surface area (Å²) < 4.78 is 24.7. The maximum Gasteiger partial charge on any atom is 0.263 e. The van der Waals surface area contributed by atoms with E-state index in [4.69, 9.17) is 10.7 Å². The molecule has 2 aromatic heterocycles. The van der Waals surface area contributed by atoms with E-state index in [9.17, 15) is 8.42 Å². The maximum atomic E-state index is 11.5. The molecule has 1 N–H and O–H groups in total. The molecule has 0 saturated heterocycles. The van der Waals surface area contributed by atoms with Crippen molar-refractivity contribution in [2.75, 3.05) is 0 Å². The van der Waals surface area contributed by atoms with Gasteiger partial charge in [-0.1, -0.05) is 12.1 Å². The molecule has 0 radical (unpaired) electrons. The van der Waals surface area contributed by atoms with E-state index in [0.717, 1.165) is 11.3 Å². The first-order valence-electron chi connectivity index (χ1n) is 5.54. The summed E-state index contributed by atoms with van der Waals surface area (Å²) >= 11 is 0. The van der Waals surface area contributed by atoms with Gasteiger partial charge in [0.15, 0.2) is 0 Å². The number of nitrogens with one attached hydrogen (secondary N) is 1. The van der Waals surface area contributed by atoms with Gasteiger partial charge in [-0.3, -0.25) is 0 Å². The van der Waals surface area contributed by atoms with Gasteiger partial charge < -0.3 is 4.98 Å². The van der Waals surface area contributed by atoms with Gasteiger partial charge in [-0.05, 0) is 18.6 Å². The van der Waals surface area contributed by atoms with Crippen LogP contribution in [0.1, 0.15) is 5.56 Å². The second-order valence-corrected chi connectivity index (χ2v) is 6.73. The second kappa shape index (κ2) is 4.11. The van der Waals surface area contributed by atoms with Crippen LogP contribution in [-0.2, 0) is 9.05 Å². The lowest BCUT2D eigenvalue weighted by Crippen LogP contribution is -1.98. The number of aromatic nitrogens is 3. The number of H-pyrrole nitrogens is 1. The quantitative estimate of drug-likeness (QED) is 0.739. The fraction of sp³-hybridized carbons (Fsp3) is 0.0833. The van der Waals surface area contributed by atoms with Gasteiger partial charge in [0.2, 0.25) is 0 Å². The number of hydrogen-bond donors (Lipinski definition) is 1. The van der Waals surface area contributed by atoms with Crippen molar-refractivity contribution in [2.24, 2.45) is 0 Å². The number of fused-ring (bicyclic) bond motifs is 1. The van der Waals surface area contributed by atoms with Crippen molar-refractivity contribution >= 4 is 30.6 Å². The van der Waals surface area contributed by atoms with E-state index >= 15 is 0 Å². The summed E-state index contributed by atoms with van der Waals surface area (Å²) in [6, 6.07) is 5.39. The highest BCUT2D eigenvalue weighted by molar-refractivity contribution is 8.14. The monoisotopic (exact) mass is 295 g/mol. The molecule has 0 spiro atoms. The normalized spacial score (nSPS) is 12.1. The third kappa shape index (κ3) is 1.93. The number of hydrogen-bond acceptors (Lipinski definition) is 3. The Labute approximate surface area is 114 Å². The SMILES string of the molecule is Cc1ccc2c(S(=O)(=O)Cl)c[nH]c2c1-n1cccn1. The summed E-state index contributed by atoms with van der Waals surface area (Å²) in [4.78, 5) is 3.05. The van der Waals surface area contributed by atoms with Gasteiger partial charge >= 0.3 is 0 Å². The highest BCUT2D eigenvalue weighted by atomic mass is 35.7. The predicted molar refractivity (Wildman–Crippen MR) is 73.2 cm³/mol. The second-order valence-electron chi connectivity index (χ2n) is 4.20. The molecule has 0 amide bonds. The lowest BCUT2D eigenvalue weighted by Gasteiger charge is -2.07. The van der Waals surface area contributed by atoms with Gasteiger partial charge in [0.05, 0.1) is 11.2 Å². The molecule has 3 rings (SSSR count). The molecule has 0 aliphatic rings. The molecular weight excluding hydrogens is 286 g/mol. The van der Waals surface area contributed by atoms with Crippen molar-refractivity contribution in [1.29, 1.82) is 0 Å². The Bertz CT molecular complexity index is 851. The molecule has 3 aromatic rings.